The van der Waals surface area contributed by atoms with Crippen molar-refractivity contribution < 1.29 is 4.74 Å². The van der Waals surface area contributed by atoms with E-state index in [1.54, 1.807) is 0 Å². The van der Waals surface area contributed by atoms with E-state index < -0.39 is 0 Å². The fourth-order valence-electron chi connectivity index (χ4n) is 2.72. The smallest absolute Gasteiger partial charge is 0.127 e. The molecule has 2 heteroatoms. The third kappa shape index (κ3) is 2.66. The van der Waals surface area contributed by atoms with Crippen LogP contribution in [0.25, 0.3) is 0 Å². The zero-order valence-electron chi connectivity index (χ0n) is 13.1. The number of nitrogens with zero attached hydrogens (tertiary/aromatic N) is 1. The molecular formula is C19H21NO. The molecule has 0 saturated carbocycles. The number of ether oxygens (including phenoxy) is 1. The van der Waals surface area contributed by atoms with Gasteiger partial charge in [-0.25, -0.2) is 0 Å². The summed E-state index contributed by atoms with van der Waals surface area (Å²) in [6.07, 6.45) is 0.997. The van der Waals surface area contributed by atoms with E-state index in [9.17, 15) is 0 Å². The molecule has 0 spiro atoms. The minimum atomic E-state index is 0.883. The van der Waals surface area contributed by atoms with Gasteiger partial charge in [0, 0.05) is 18.4 Å². The van der Waals surface area contributed by atoms with Crippen LogP contribution in [-0.4, -0.2) is 7.05 Å². The summed E-state index contributed by atoms with van der Waals surface area (Å²) in [5.74, 6) is 1.78. The summed E-state index contributed by atoms with van der Waals surface area (Å²) in [4.78, 5) is 2.25. The second-order valence-corrected chi connectivity index (χ2v) is 5.81. The molecule has 21 heavy (non-hydrogen) atoms. The van der Waals surface area contributed by atoms with E-state index >= 15 is 0 Å². The molecule has 0 fully saturated rings. The maximum Gasteiger partial charge on any atom is 0.127 e. The van der Waals surface area contributed by atoms with Crippen molar-refractivity contribution in [1.29, 1.82) is 0 Å². The van der Waals surface area contributed by atoms with Gasteiger partial charge >= 0.3 is 0 Å². The van der Waals surface area contributed by atoms with Crippen molar-refractivity contribution >= 4 is 5.69 Å². The predicted molar refractivity (Wildman–Crippen MR) is 88.2 cm³/mol. The fraction of sp³-hybridized carbons (Fsp3) is 0.263. The second-order valence-electron chi connectivity index (χ2n) is 5.81. The molecule has 0 N–H and O–H groups in total. The lowest BCUT2D eigenvalue weighted by molar-refractivity contribution is 0.482. The van der Waals surface area contributed by atoms with Gasteiger partial charge in [-0.1, -0.05) is 17.7 Å². The first-order valence-corrected chi connectivity index (χ1v) is 7.32. The van der Waals surface area contributed by atoms with E-state index in [2.05, 4.69) is 57.0 Å². The molecule has 2 nitrogen and oxygen atoms in total. The summed E-state index contributed by atoms with van der Waals surface area (Å²) in [5, 5.41) is 0. The average Bonchev–Trinajstić information content (AvgIpc) is 2.47. The van der Waals surface area contributed by atoms with Gasteiger partial charge in [0.1, 0.15) is 11.5 Å². The van der Waals surface area contributed by atoms with Gasteiger partial charge in [-0.05, 0) is 68.7 Å². The van der Waals surface area contributed by atoms with E-state index in [1.165, 1.54) is 28.1 Å². The van der Waals surface area contributed by atoms with Crippen LogP contribution in [0.5, 0.6) is 11.5 Å². The number of fused-ring (bicyclic) bond motifs is 1. The minimum absolute atomic E-state index is 0.883. The number of aryl methyl sites for hydroxylation is 1. The quantitative estimate of drug-likeness (QED) is 0.760. The van der Waals surface area contributed by atoms with Gasteiger partial charge in [-0.2, -0.15) is 0 Å². The Morgan fingerprint density at radius 1 is 0.905 bits per heavy atom. The number of rotatable bonds is 2. The highest BCUT2D eigenvalue weighted by Gasteiger charge is 2.18. The number of hydrogen-bond acceptors (Lipinski definition) is 2. The van der Waals surface area contributed by atoms with Crippen LogP contribution in [-0.2, 0) is 6.42 Å². The van der Waals surface area contributed by atoms with Crippen molar-refractivity contribution in [3.8, 4) is 11.5 Å². The summed E-state index contributed by atoms with van der Waals surface area (Å²) in [6, 6.07) is 14.5. The standard InChI is InChI=1S/C19H21NO/c1-13-5-7-17(8-6-13)21-18-9-10-19-16(12-18)11-14(2)15(3)20(19)4/h5-10,12H,11H2,1-4H3. The Labute approximate surface area is 126 Å². The highest BCUT2D eigenvalue weighted by atomic mass is 16.5. The Hall–Kier alpha value is -2.22. The van der Waals surface area contributed by atoms with Crippen LogP contribution in [0.3, 0.4) is 0 Å². The van der Waals surface area contributed by atoms with Crippen molar-refractivity contribution in [2.75, 3.05) is 11.9 Å². The van der Waals surface area contributed by atoms with Gasteiger partial charge < -0.3 is 9.64 Å². The molecule has 0 aliphatic carbocycles. The SMILES string of the molecule is CC1=C(C)N(C)c2ccc(Oc3ccc(C)cc3)cc2C1. The first kappa shape index (κ1) is 13.7. The van der Waals surface area contributed by atoms with E-state index in [-0.39, 0.29) is 0 Å². The Morgan fingerprint density at radius 2 is 1.57 bits per heavy atom. The largest absolute Gasteiger partial charge is 0.457 e. The van der Waals surface area contributed by atoms with E-state index in [4.69, 9.17) is 4.74 Å². The van der Waals surface area contributed by atoms with Crippen LogP contribution in [0.15, 0.2) is 53.7 Å². The molecule has 1 aliphatic heterocycles. The van der Waals surface area contributed by atoms with Crippen LogP contribution in [0.1, 0.15) is 25.0 Å². The lowest BCUT2D eigenvalue weighted by Crippen LogP contribution is -2.21. The van der Waals surface area contributed by atoms with Gasteiger partial charge in [-0.15, -0.1) is 0 Å². The summed E-state index contributed by atoms with van der Waals surface area (Å²) < 4.78 is 5.96. The van der Waals surface area contributed by atoms with Gasteiger partial charge in [0.25, 0.3) is 0 Å². The van der Waals surface area contributed by atoms with Crippen LogP contribution in [0.4, 0.5) is 5.69 Å². The maximum absolute atomic E-state index is 5.96. The Kier molecular flexibility index (Phi) is 3.46. The van der Waals surface area contributed by atoms with Crippen molar-refractivity contribution in [3.63, 3.8) is 0 Å². The zero-order valence-corrected chi connectivity index (χ0v) is 13.1. The third-order valence-electron chi connectivity index (χ3n) is 4.25. The molecule has 3 rings (SSSR count). The molecule has 1 heterocycles. The Balaban J connectivity index is 1.88. The molecule has 0 unspecified atom stereocenters. The summed E-state index contributed by atoms with van der Waals surface area (Å²) in [6.45, 7) is 6.45. The normalized spacial score (nSPS) is 14.2. The molecule has 0 aromatic heterocycles. The molecule has 108 valence electrons. The molecular weight excluding hydrogens is 258 g/mol. The minimum Gasteiger partial charge on any atom is -0.457 e. The third-order valence-corrected chi connectivity index (χ3v) is 4.25. The van der Waals surface area contributed by atoms with E-state index in [0.29, 0.717) is 0 Å². The molecule has 0 bridgehead atoms. The first-order valence-electron chi connectivity index (χ1n) is 7.32. The van der Waals surface area contributed by atoms with E-state index in [0.717, 1.165) is 17.9 Å². The number of benzene rings is 2. The molecule has 0 atom stereocenters. The average molecular weight is 279 g/mol. The van der Waals surface area contributed by atoms with Gasteiger partial charge in [-0.3, -0.25) is 0 Å². The summed E-state index contributed by atoms with van der Waals surface area (Å²) in [5.41, 5.74) is 6.59. The molecule has 2 aromatic rings. The van der Waals surface area contributed by atoms with Crippen LogP contribution in [0, 0.1) is 6.92 Å². The van der Waals surface area contributed by atoms with Crippen molar-refractivity contribution in [3.05, 3.63) is 64.9 Å². The predicted octanol–water partition coefficient (Wildman–Crippen LogP) is 5.07. The van der Waals surface area contributed by atoms with Crippen LogP contribution in [0.2, 0.25) is 0 Å². The first-order chi connectivity index (χ1) is 10.0. The van der Waals surface area contributed by atoms with Gasteiger partial charge in [0.2, 0.25) is 0 Å². The summed E-state index contributed by atoms with van der Waals surface area (Å²) >= 11 is 0. The summed E-state index contributed by atoms with van der Waals surface area (Å²) in [7, 11) is 2.12. The Morgan fingerprint density at radius 3 is 2.29 bits per heavy atom. The lowest BCUT2D eigenvalue weighted by Gasteiger charge is -2.30. The van der Waals surface area contributed by atoms with Crippen molar-refractivity contribution in [1.82, 2.24) is 0 Å². The highest BCUT2D eigenvalue weighted by molar-refractivity contribution is 5.63. The highest BCUT2D eigenvalue weighted by Crippen LogP contribution is 2.35. The Bertz CT molecular complexity index is 698. The molecule has 2 aromatic carbocycles. The topological polar surface area (TPSA) is 12.5 Å². The molecule has 1 aliphatic rings. The fourth-order valence-corrected chi connectivity index (χ4v) is 2.72. The monoisotopic (exact) mass is 279 g/mol. The van der Waals surface area contributed by atoms with Crippen molar-refractivity contribution in [2.24, 2.45) is 0 Å². The van der Waals surface area contributed by atoms with E-state index in [1.807, 2.05) is 18.2 Å². The molecule has 0 amide bonds. The lowest BCUT2D eigenvalue weighted by atomic mass is 9.97. The molecule has 0 saturated heterocycles. The van der Waals surface area contributed by atoms with Gasteiger partial charge in [0.05, 0.1) is 0 Å². The number of anilines is 1. The van der Waals surface area contributed by atoms with Crippen LogP contribution >= 0.6 is 0 Å². The maximum atomic E-state index is 5.96. The second kappa shape index (κ2) is 5.28. The zero-order chi connectivity index (χ0) is 15.0. The van der Waals surface area contributed by atoms with Crippen molar-refractivity contribution in [2.45, 2.75) is 27.2 Å². The number of allylic oxidation sites excluding steroid dienone is 2. The number of hydrogen-bond donors (Lipinski definition) is 0. The van der Waals surface area contributed by atoms with Gasteiger partial charge in [0.15, 0.2) is 0 Å². The molecule has 0 radical (unpaired) electrons. The van der Waals surface area contributed by atoms with Crippen LogP contribution < -0.4 is 9.64 Å².